The Labute approximate surface area is 188 Å². The highest BCUT2D eigenvalue weighted by Gasteiger charge is 2.32. The molecule has 0 spiro atoms. The fourth-order valence-electron chi connectivity index (χ4n) is 3.89. The first-order valence-electron chi connectivity index (χ1n) is 10.6. The zero-order chi connectivity index (χ0) is 23.6. The number of hydrogen-bond acceptors (Lipinski definition) is 5. The number of nitrogens with one attached hydrogen (secondary N) is 1. The van der Waals surface area contributed by atoms with Gasteiger partial charge in [0, 0.05) is 12.1 Å². The summed E-state index contributed by atoms with van der Waals surface area (Å²) in [6.45, 7) is 2.82. The Morgan fingerprint density at radius 1 is 1.24 bits per heavy atom. The molecule has 1 aliphatic heterocycles. The molecule has 2 heterocycles. The van der Waals surface area contributed by atoms with E-state index in [-0.39, 0.29) is 18.6 Å². The summed E-state index contributed by atoms with van der Waals surface area (Å²) in [6, 6.07) is 10.3. The average Bonchev–Trinajstić information content (AvgIpc) is 3.47. The molecule has 1 atom stereocenters. The third-order valence-corrected chi connectivity index (χ3v) is 5.66. The van der Waals surface area contributed by atoms with Crippen molar-refractivity contribution in [3.05, 3.63) is 65.0 Å². The summed E-state index contributed by atoms with van der Waals surface area (Å²) in [5.74, 6) is 1.49. The highest BCUT2D eigenvalue weighted by molar-refractivity contribution is 5.75. The maximum atomic E-state index is 12.7. The van der Waals surface area contributed by atoms with Crippen LogP contribution in [0.2, 0.25) is 0 Å². The average molecular weight is 459 g/mol. The van der Waals surface area contributed by atoms with Gasteiger partial charge in [0.25, 0.3) is 0 Å². The monoisotopic (exact) mass is 459 g/mol. The van der Waals surface area contributed by atoms with Gasteiger partial charge in [-0.15, -0.1) is 0 Å². The number of aryl methyl sites for hydroxylation is 1. The molecule has 7 nitrogen and oxygen atoms in total. The van der Waals surface area contributed by atoms with E-state index in [0.717, 1.165) is 36.1 Å². The topological polar surface area (TPSA) is 101 Å². The van der Waals surface area contributed by atoms with E-state index in [1.807, 2.05) is 19.1 Å². The summed E-state index contributed by atoms with van der Waals surface area (Å²) in [5.41, 5.74) is 7.28. The fourth-order valence-corrected chi connectivity index (χ4v) is 3.89. The molecule has 4 rings (SSSR count). The van der Waals surface area contributed by atoms with Gasteiger partial charge in [-0.1, -0.05) is 24.2 Å². The summed E-state index contributed by atoms with van der Waals surface area (Å²) in [6.07, 6.45) is -1.99. The number of nitrogens with two attached hydrogens (primary N) is 1. The largest absolute Gasteiger partial charge is 0.489 e. The predicted molar refractivity (Wildman–Crippen MR) is 115 cm³/mol. The van der Waals surface area contributed by atoms with Crippen LogP contribution in [0.3, 0.4) is 0 Å². The van der Waals surface area contributed by atoms with Crippen molar-refractivity contribution in [2.45, 2.75) is 45.0 Å². The van der Waals surface area contributed by atoms with Gasteiger partial charge < -0.3 is 19.9 Å². The van der Waals surface area contributed by atoms with Crippen LogP contribution in [-0.4, -0.2) is 27.5 Å². The molecule has 1 aromatic heterocycles. The first kappa shape index (κ1) is 22.6. The maximum absolute atomic E-state index is 12.7. The van der Waals surface area contributed by atoms with Gasteiger partial charge in [-0.2, -0.15) is 18.2 Å². The third kappa shape index (κ3) is 4.94. The van der Waals surface area contributed by atoms with Crippen molar-refractivity contribution in [3.63, 3.8) is 0 Å². The molecule has 3 aromatic rings. The minimum atomic E-state index is -4.36. The Morgan fingerprint density at radius 3 is 2.67 bits per heavy atom. The number of hydrogen-bond donors (Lipinski definition) is 2. The van der Waals surface area contributed by atoms with Crippen LogP contribution in [0.1, 0.15) is 48.4 Å². The van der Waals surface area contributed by atoms with E-state index < -0.39 is 11.7 Å². The highest BCUT2D eigenvalue weighted by Crippen LogP contribution is 2.33. The fraction of sp³-hybridized carbons (Fsp3) is 0.348. The van der Waals surface area contributed by atoms with E-state index >= 15 is 0 Å². The minimum Gasteiger partial charge on any atom is -0.489 e. The van der Waals surface area contributed by atoms with E-state index in [9.17, 15) is 13.2 Å². The molecular weight excluding hydrogens is 435 g/mol. The summed E-state index contributed by atoms with van der Waals surface area (Å²) in [5, 5.41) is 11.8. The van der Waals surface area contributed by atoms with Gasteiger partial charge in [-0.05, 0) is 60.7 Å². The van der Waals surface area contributed by atoms with Crippen LogP contribution in [-0.2, 0) is 19.2 Å². The van der Waals surface area contributed by atoms with E-state index in [1.165, 1.54) is 12.1 Å². The Hall–Kier alpha value is -3.56. The van der Waals surface area contributed by atoms with Gasteiger partial charge in [0.15, 0.2) is 5.96 Å². The van der Waals surface area contributed by atoms with Crippen molar-refractivity contribution in [2.24, 2.45) is 5.73 Å². The van der Waals surface area contributed by atoms with Gasteiger partial charge >= 0.3 is 6.18 Å². The molecule has 0 radical (unpaired) electrons. The van der Waals surface area contributed by atoms with Crippen LogP contribution in [0, 0.1) is 5.41 Å². The molecule has 2 aromatic carbocycles. The Morgan fingerprint density at radius 2 is 2.00 bits per heavy atom. The molecule has 0 aliphatic carbocycles. The van der Waals surface area contributed by atoms with Crippen molar-refractivity contribution in [3.8, 4) is 17.1 Å². The molecule has 0 unspecified atom stereocenters. The highest BCUT2D eigenvalue weighted by atomic mass is 19.4. The number of guanidine groups is 1. The third-order valence-electron chi connectivity index (χ3n) is 5.66. The van der Waals surface area contributed by atoms with Crippen molar-refractivity contribution in [2.75, 3.05) is 6.54 Å². The predicted octanol–water partition coefficient (Wildman–Crippen LogP) is 4.93. The quantitative estimate of drug-likeness (QED) is 0.401. The molecule has 10 heteroatoms. The number of aromatic nitrogens is 2. The van der Waals surface area contributed by atoms with Gasteiger partial charge in [0.1, 0.15) is 18.4 Å². The van der Waals surface area contributed by atoms with E-state index in [0.29, 0.717) is 36.0 Å². The van der Waals surface area contributed by atoms with Crippen molar-refractivity contribution >= 4 is 5.96 Å². The van der Waals surface area contributed by atoms with E-state index in [4.69, 9.17) is 20.4 Å². The Bertz CT molecular complexity index is 1130. The molecule has 0 bridgehead atoms. The molecule has 174 valence electrons. The SMILES string of the molecule is CCc1cc(-c2noc([C@@H]3CCCN3C(=N)N)n2)ccc1OCc1ccc(C(F)(F)F)cc1. The van der Waals surface area contributed by atoms with Crippen LogP contribution in [0.5, 0.6) is 5.75 Å². The molecule has 3 N–H and O–H groups in total. The smallest absolute Gasteiger partial charge is 0.416 e. The second-order valence-electron chi connectivity index (χ2n) is 7.85. The number of rotatable bonds is 6. The van der Waals surface area contributed by atoms with Gasteiger partial charge in [-0.3, -0.25) is 5.41 Å². The molecular formula is C23H24F3N5O2. The van der Waals surface area contributed by atoms with Gasteiger partial charge in [0.2, 0.25) is 11.7 Å². The standard InChI is InChI=1S/C23H24F3N5O2/c1-2-15-12-16(20-29-21(33-30-20)18-4-3-11-31(18)22(27)28)7-10-19(15)32-13-14-5-8-17(9-6-14)23(24,25)26/h5-10,12,18H,2-4,11,13H2,1H3,(H3,27,28)/t18-/m0/s1. The molecule has 33 heavy (non-hydrogen) atoms. The van der Waals surface area contributed by atoms with Crippen LogP contribution in [0.25, 0.3) is 11.4 Å². The van der Waals surface area contributed by atoms with Crippen molar-refractivity contribution < 1.29 is 22.4 Å². The van der Waals surface area contributed by atoms with Gasteiger partial charge in [-0.25, -0.2) is 0 Å². The lowest BCUT2D eigenvalue weighted by molar-refractivity contribution is -0.137. The molecule has 1 saturated heterocycles. The second-order valence-corrected chi connectivity index (χ2v) is 7.85. The molecule has 0 saturated carbocycles. The lowest BCUT2D eigenvalue weighted by atomic mass is 10.1. The van der Waals surface area contributed by atoms with Crippen molar-refractivity contribution in [1.82, 2.24) is 15.0 Å². The summed E-state index contributed by atoms with van der Waals surface area (Å²) >= 11 is 0. The Kier molecular flexibility index (Phi) is 6.26. The van der Waals surface area contributed by atoms with Crippen LogP contribution in [0.4, 0.5) is 13.2 Å². The first-order valence-corrected chi connectivity index (χ1v) is 10.6. The summed E-state index contributed by atoms with van der Waals surface area (Å²) in [7, 11) is 0. The molecule has 1 fully saturated rings. The normalized spacial score (nSPS) is 16.2. The Balaban J connectivity index is 1.47. The van der Waals surface area contributed by atoms with Crippen LogP contribution >= 0.6 is 0 Å². The molecule has 0 amide bonds. The minimum absolute atomic E-state index is 0.0138. The number of ether oxygens (including phenoxy) is 1. The van der Waals surface area contributed by atoms with Gasteiger partial charge in [0.05, 0.1) is 5.56 Å². The summed E-state index contributed by atoms with van der Waals surface area (Å²) < 4.78 is 49.5. The number of alkyl halides is 3. The first-order chi connectivity index (χ1) is 15.8. The zero-order valence-electron chi connectivity index (χ0n) is 18.0. The van der Waals surface area contributed by atoms with Crippen molar-refractivity contribution in [1.29, 1.82) is 5.41 Å². The molecule has 1 aliphatic rings. The van der Waals surface area contributed by atoms with E-state index in [1.54, 1.807) is 11.0 Å². The lowest BCUT2D eigenvalue weighted by Crippen LogP contribution is -2.35. The van der Waals surface area contributed by atoms with E-state index in [2.05, 4.69) is 10.1 Å². The number of halogens is 3. The number of benzene rings is 2. The van der Waals surface area contributed by atoms with Crippen LogP contribution < -0.4 is 10.5 Å². The lowest BCUT2D eigenvalue weighted by Gasteiger charge is -2.21. The zero-order valence-corrected chi connectivity index (χ0v) is 18.0. The number of likely N-dealkylation sites (tertiary alicyclic amines) is 1. The number of nitrogens with zero attached hydrogens (tertiary/aromatic N) is 3. The maximum Gasteiger partial charge on any atom is 0.416 e. The van der Waals surface area contributed by atoms with Crippen LogP contribution in [0.15, 0.2) is 47.0 Å². The summed E-state index contributed by atoms with van der Waals surface area (Å²) in [4.78, 5) is 6.26. The second kappa shape index (κ2) is 9.13.